The molecule has 1 fully saturated rings. The summed E-state index contributed by atoms with van der Waals surface area (Å²) in [5, 5.41) is 9.88. The Labute approximate surface area is 285 Å². The summed E-state index contributed by atoms with van der Waals surface area (Å²) in [6, 6.07) is 8.39. The number of ether oxygens (including phenoxy) is 1. The van der Waals surface area contributed by atoms with Crippen LogP contribution in [0.4, 0.5) is 26.5 Å². The van der Waals surface area contributed by atoms with Crippen molar-refractivity contribution in [3.05, 3.63) is 71.5 Å². The van der Waals surface area contributed by atoms with Crippen LogP contribution in [0.15, 0.2) is 47.4 Å². The predicted molar refractivity (Wildman–Crippen MR) is 183 cm³/mol. The summed E-state index contributed by atoms with van der Waals surface area (Å²) in [4.78, 5) is 46.6. The zero-order chi connectivity index (χ0) is 35.7. The van der Waals surface area contributed by atoms with Gasteiger partial charge in [0.25, 0.3) is 0 Å². The summed E-state index contributed by atoms with van der Waals surface area (Å²) in [6.45, 7) is 18.6. The molecule has 4 heterocycles. The van der Waals surface area contributed by atoms with Crippen LogP contribution in [0.2, 0.25) is 0 Å². The van der Waals surface area contributed by atoms with Crippen molar-refractivity contribution in [2.24, 2.45) is 0 Å². The summed E-state index contributed by atoms with van der Waals surface area (Å²) >= 11 is 0. The van der Waals surface area contributed by atoms with Gasteiger partial charge in [-0.25, -0.2) is 24.1 Å². The topological polar surface area (TPSA) is 152 Å². The lowest BCUT2D eigenvalue weighted by Gasteiger charge is -2.41. The van der Waals surface area contributed by atoms with Gasteiger partial charge in [0.2, 0.25) is 0 Å². The quantitative estimate of drug-likeness (QED) is 0.226. The second kappa shape index (κ2) is 13.8. The molecule has 1 aromatic carbocycles. The van der Waals surface area contributed by atoms with E-state index in [4.69, 9.17) is 9.26 Å². The van der Waals surface area contributed by atoms with Crippen LogP contribution in [0.3, 0.4) is 0 Å². The fraction of sp³-hybridized carbons (Fsp3) is 0.457. The predicted octanol–water partition coefficient (Wildman–Crippen LogP) is 6.35. The molecule has 49 heavy (non-hydrogen) atoms. The number of carbonyl (C=O) groups excluding carboxylic acids is 2. The number of anilines is 3. The highest BCUT2D eigenvalue weighted by atomic mass is 19.1. The first-order valence-corrected chi connectivity index (χ1v) is 16.2. The largest absolute Gasteiger partial charge is 0.444 e. The molecule has 0 radical (unpaired) electrons. The molecule has 0 saturated carbocycles. The van der Waals surface area contributed by atoms with Gasteiger partial charge in [-0.3, -0.25) is 4.79 Å². The average Bonchev–Trinajstić information content (AvgIpc) is 3.54. The summed E-state index contributed by atoms with van der Waals surface area (Å²) in [7, 11) is 0. The van der Waals surface area contributed by atoms with E-state index in [-0.39, 0.29) is 23.4 Å². The Kier molecular flexibility index (Phi) is 9.88. The Morgan fingerprint density at radius 1 is 1.04 bits per heavy atom. The number of piperazine rings is 1. The number of aromatic nitrogens is 5. The molecule has 0 bridgehead atoms. The highest BCUT2D eigenvalue weighted by Crippen LogP contribution is 2.30. The van der Waals surface area contributed by atoms with Gasteiger partial charge < -0.3 is 29.7 Å². The summed E-state index contributed by atoms with van der Waals surface area (Å²) < 4.78 is 26.5. The SMILES string of the molecule is Cc1c([C@@H](C)NC(=O)c2nc(C(C)(C)C)no2)ccc(-c2cc(Nc3ccc(N4CCN(C(=O)OC(C)(C)C)C[C@@H]4C)cn3)ncn2)c1F. The van der Waals surface area contributed by atoms with Crippen LogP contribution < -0.4 is 15.5 Å². The molecule has 14 heteroatoms. The molecule has 0 spiro atoms. The van der Waals surface area contributed by atoms with E-state index in [2.05, 4.69) is 47.5 Å². The molecule has 4 aromatic rings. The molecule has 260 valence electrons. The number of benzene rings is 1. The van der Waals surface area contributed by atoms with Crippen molar-refractivity contribution in [1.82, 2.24) is 35.3 Å². The van der Waals surface area contributed by atoms with Crippen molar-refractivity contribution in [3.8, 4) is 11.3 Å². The molecule has 1 aliphatic rings. The van der Waals surface area contributed by atoms with Gasteiger partial charge in [0, 0.05) is 42.7 Å². The maximum Gasteiger partial charge on any atom is 0.410 e. The fourth-order valence-electron chi connectivity index (χ4n) is 5.49. The Hall–Kier alpha value is -5.14. The van der Waals surface area contributed by atoms with E-state index in [1.807, 2.05) is 53.7 Å². The Morgan fingerprint density at radius 3 is 2.43 bits per heavy atom. The second-order valence-corrected chi connectivity index (χ2v) is 14.3. The molecule has 0 unspecified atom stereocenters. The van der Waals surface area contributed by atoms with Gasteiger partial charge in [-0.2, -0.15) is 4.98 Å². The minimum Gasteiger partial charge on any atom is -0.444 e. The summed E-state index contributed by atoms with van der Waals surface area (Å²) in [6.07, 6.45) is 2.83. The maximum atomic E-state index is 15.8. The Bertz CT molecular complexity index is 1810. The molecule has 5 rings (SSSR count). The van der Waals surface area contributed by atoms with Crippen molar-refractivity contribution in [1.29, 1.82) is 0 Å². The molecule has 1 aliphatic heterocycles. The zero-order valence-electron chi connectivity index (χ0n) is 29.5. The van der Waals surface area contributed by atoms with E-state index in [0.29, 0.717) is 59.5 Å². The maximum absolute atomic E-state index is 15.8. The third kappa shape index (κ3) is 8.30. The summed E-state index contributed by atoms with van der Waals surface area (Å²) in [5.74, 6) is 0.276. The first-order chi connectivity index (χ1) is 23.0. The smallest absolute Gasteiger partial charge is 0.410 e. The molecule has 2 atom stereocenters. The van der Waals surface area contributed by atoms with Crippen molar-refractivity contribution >= 4 is 29.3 Å². The van der Waals surface area contributed by atoms with Gasteiger partial charge in [-0.1, -0.05) is 32.0 Å². The third-order valence-corrected chi connectivity index (χ3v) is 8.09. The zero-order valence-corrected chi connectivity index (χ0v) is 29.5. The minimum atomic E-state index is -0.541. The fourth-order valence-corrected chi connectivity index (χ4v) is 5.49. The molecule has 3 aromatic heterocycles. The Balaban J connectivity index is 1.23. The molecule has 2 amide bonds. The van der Waals surface area contributed by atoms with Gasteiger partial charge in [0.1, 0.15) is 29.4 Å². The first kappa shape index (κ1) is 35.2. The lowest BCUT2D eigenvalue weighted by molar-refractivity contribution is 0.0218. The van der Waals surface area contributed by atoms with Crippen molar-refractivity contribution in [3.63, 3.8) is 0 Å². The first-order valence-electron chi connectivity index (χ1n) is 16.2. The van der Waals surface area contributed by atoms with Crippen LogP contribution in [0, 0.1) is 12.7 Å². The van der Waals surface area contributed by atoms with Crippen molar-refractivity contribution in [2.45, 2.75) is 85.4 Å². The number of halogens is 1. The average molecular weight is 674 g/mol. The summed E-state index contributed by atoms with van der Waals surface area (Å²) in [5.41, 5.74) is 1.67. The van der Waals surface area contributed by atoms with E-state index < -0.39 is 23.4 Å². The van der Waals surface area contributed by atoms with Crippen LogP contribution in [-0.2, 0) is 10.2 Å². The van der Waals surface area contributed by atoms with Crippen molar-refractivity contribution < 1.29 is 23.2 Å². The van der Waals surface area contributed by atoms with Gasteiger partial charge in [0.05, 0.1) is 23.6 Å². The van der Waals surface area contributed by atoms with E-state index in [9.17, 15) is 9.59 Å². The lowest BCUT2D eigenvalue weighted by Crippen LogP contribution is -2.54. The molecule has 0 aliphatic carbocycles. The van der Waals surface area contributed by atoms with Gasteiger partial charge >= 0.3 is 17.9 Å². The number of pyridine rings is 1. The minimum absolute atomic E-state index is 0.0715. The number of hydrogen-bond acceptors (Lipinski definition) is 11. The normalized spacial score (nSPS) is 15.9. The highest BCUT2D eigenvalue weighted by Gasteiger charge is 2.30. The van der Waals surface area contributed by atoms with E-state index >= 15 is 4.39 Å². The van der Waals surface area contributed by atoms with E-state index in [1.54, 1.807) is 43.1 Å². The number of nitrogens with zero attached hydrogens (tertiary/aromatic N) is 7. The standard InChI is InChI=1S/C35H44FN9O4/c1-20-18-44(33(47)48-35(7,8)9)14-15-45(20)23-10-13-27(37-17-23)41-28-16-26(38-19-39-28)25-12-11-24(21(2)29(25)36)22(3)40-30(46)31-42-32(43-49-31)34(4,5)6/h10-13,16-17,19-20,22H,14-15,18H2,1-9H3,(H,40,46)(H,37,38,39,41)/t20-,22+/m0/s1. The number of hydrogen-bond donors (Lipinski definition) is 2. The van der Waals surface area contributed by atoms with Crippen LogP contribution in [0.1, 0.15) is 89.1 Å². The second-order valence-electron chi connectivity index (χ2n) is 14.3. The number of nitrogens with one attached hydrogen (secondary N) is 2. The molecular weight excluding hydrogens is 629 g/mol. The monoisotopic (exact) mass is 673 g/mol. The molecule has 13 nitrogen and oxygen atoms in total. The number of carbonyl (C=O) groups is 2. The van der Waals surface area contributed by atoms with Gasteiger partial charge in [-0.05, 0) is 70.9 Å². The van der Waals surface area contributed by atoms with Gasteiger partial charge in [0.15, 0.2) is 5.82 Å². The van der Waals surface area contributed by atoms with Crippen LogP contribution in [0.25, 0.3) is 11.3 Å². The number of amides is 2. The molecule has 2 N–H and O–H groups in total. The van der Waals surface area contributed by atoms with Crippen molar-refractivity contribution in [2.75, 3.05) is 29.9 Å². The van der Waals surface area contributed by atoms with Gasteiger partial charge in [-0.15, -0.1) is 0 Å². The van der Waals surface area contributed by atoms with Crippen LogP contribution in [0.5, 0.6) is 0 Å². The van der Waals surface area contributed by atoms with E-state index in [1.165, 1.54) is 6.33 Å². The third-order valence-electron chi connectivity index (χ3n) is 8.09. The highest BCUT2D eigenvalue weighted by molar-refractivity contribution is 5.89. The Morgan fingerprint density at radius 2 is 1.80 bits per heavy atom. The number of rotatable bonds is 7. The lowest BCUT2D eigenvalue weighted by atomic mass is 9.96. The van der Waals surface area contributed by atoms with Crippen LogP contribution in [-0.4, -0.2) is 73.3 Å². The van der Waals surface area contributed by atoms with E-state index in [0.717, 1.165) is 5.69 Å². The molecule has 1 saturated heterocycles. The van der Waals surface area contributed by atoms with Crippen LogP contribution >= 0.6 is 0 Å². The molecular formula is C35H44FN9O4.